The van der Waals surface area contributed by atoms with Gasteiger partial charge < -0.3 is 5.32 Å². The van der Waals surface area contributed by atoms with Crippen molar-refractivity contribution in [3.05, 3.63) is 0 Å². The standard InChI is InChI=1S/C14H17F3N4O2/c15-14(16,17)13(23)20-11(9-4-2-1-3-5-9)12(22)21-10(8-18)6-7-19-21/h7,9-11H,1-6H2,(H,20,23)/t10-,11+/m0/s1. The van der Waals surface area contributed by atoms with Crippen LogP contribution in [0.3, 0.4) is 0 Å². The summed E-state index contributed by atoms with van der Waals surface area (Å²) < 4.78 is 37.6. The molecule has 2 amide bonds. The van der Waals surface area contributed by atoms with E-state index in [0.717, 1.165) is 24.3 Å². The Morgan fingerprint density at radius 1 is 1.30 bits per heavy atom. The zero-order chi connectivity index (χ0) is 17.0. The molecule has 1 fully saturated rings. The highest BCUT2D eigenvalue weighted by atomic mass is 19.4. The number of halogens is 3. The molecule has 2 aliphatic rings. The van der Waals surface area contributed by atoms with Gasteiger partial charge in [-0.05, 0) is 18.8 Å². The Labute approximate surface area is 131 Å². The molecule has 126 valence electrons. The van der Waals surface area contributed by atoms with Gasteiger partial charge in [-0.15, -0.1) is 0 Å². The van der Waals surface area contributed by atoms with E-state index in [1.807, 2.05) is 11.4 Å². The second-order valence-corrected chi connectivity index (χ2v) is 5.71. The van der Waals surface area contributed by atoms with E-state index in [9.17, 15) is 22.8 Å². The molecule has 23 heavy (non-hydrogen) atoms. The number of hydrogen-bond donors (Lipinski definition) is 1. The van der Waals surface area contributed by atoms with Crippen LogP contribution >= 0.6 is 0 Å². The first kappa shape index (κ1) is 17.2. The smallest absolute Gasteiger partial charge is 0.336 e. The Kier molecular flexibility index (Phi) is 5.23. The van der Waals surface area contributed by atoms with Gasteiger partial charge in [0.15, 0.2) is 0 Å². The fourth-order valence-electron chi connectivity index (χ4n) is 2.95. The van der Waals surface area contributed by atoms with Crippen LogP contribution in [-0.2, 0) is 9.59 Å². The SMILES string of the molecule is N#C[C@@H]1CC=NN1C(=O)[C@H](NC(=O)C(F)(F)F)C1CCCCC1. The maximum absolute atomic E-state index is 12.6. The van der Waals surface area contributed by atoms with E-state index in [4.69, 9.17) is 5.26 Å². The van der Waals surface area contributed by atoms with Crippen LogP contribution in [0.15, 0.2) is 5.10 Å². The Morgan fingerprint density at radius 3 is 2.52 bits per heavy atom. The largest absolute Gasteiger partial charge is 0.471 e. The van der Waals surface area contributed by atoms with Crippen molar-refractivity contribution in [3.63, 3.8) is 0 Å². The normalized spacial score (nSPS) is 23.4. The second kappa shape index (κ2) is 6.98. The Bertz CT molecular complexity index is 535. The molecule has 1 saturated carbocycles. The molecule has 0 aromatic carbocycles. The molecule has 0 aromatic heterocycles. The molecule has 0 saturated heterocycles. The zero-order valence-corrected chi connectivity index (χ0v) is 12.3. The number of nitrogens with zero attached hydrogens (tertiary/aromatic N) is 3. The van der Waals surface area contributed by atoms with Crippen LogP contribution in [-0.4, -0.2) is 41.3 Å². The molecule has 1 aliphatic carbocycles. The molecule has 0 aromatic rings. The molecule has 2 atom stereocenters. The first-order chi connectivity index (χ1) is 10.8. The van der Waals surface area contributed by atoms with E-state index in [1.54, 1.807) is 0 Å². The van der Waals surface area contributed by atoms with Crippen LogP contribution in [0.5, 0.6) is 0 Å². The molecule has 1 aliphatic heterocycles. The van der Waals surface area contributed by atoms with Gasteiger partial charge in [0.05, 0.1) is 6.07 Å². The molecule has 1 heterocycles. The highest BCUT2D eigenvalue weighted by Crippen LogP contribution is 2.29. The Hall–Kier alpha value is -2.11. The summed E-state index contributed by atoms with van der Waals surface area (Å²) in [6.07, 6.45) is 0.195. The summed E-state index contributed by atoms with van der Waals surface area (Å²) in [7, 11) is 0. The molecular weight excluding hydrogens is 313 g/mol. The molecule has 6 nitrogen and oxygen atoms in total. The summed E-state index contributed by atoms with van der Waals surface area (Å²) in [5.41, 5.74) is 0. The third-order valence-electron chi connectivity index (χ3n) is 4.14. The van der Waals surface area contributed by atoms with Crippen LogP contribution in [0.2, 0.25) is 0 Å². The average molecular weight is 330 g/mol. The molecular formula is C14H17F3N4O2. The third-order valence-corrected chi connectivity index (χ3v) is 4.14. The van der Waals surface area contributed by atoms with Crippen molar-refractivity contribution in [3.8, 4) is 6.07 Å². The van der Waals surface area contributed by atoms with Gasteiger partial charge in [-0.3, -0.25) is 9.59 Å². The van der Waals surface area contributed by atoms with Crippen molar-refractivity contribution < 1.29 is 22.8 Å². The van der Waals surface area contributed by atoms with Gasteiger partial charge in [-0.2, -0.15) is 23.5 Å². The van der Waals surface area contributed by atoms with Gasteiger partial charge in [0, 0.05) is 12.6 Å². The van der Waals surface area contributed by atoms with Crippen LogP contribution in [0.1, 0.15) is 38.5 Å². The minimum Gasteiger partial charge on any atom is -0.336 e. The van der Waals surface area contributed by atoms with Gasteiger partial charge in [0.25, 0.3) is 5.91 Å². The Morgan fingerprint density at radius 2 is 1.96 bits per heavy atom. The molecule has 1 N–H and O–H groups in total. The number of nitrogens with one attached hydrogen (secondary N) is 1. The van der Waals surface area contributed by atoms with E-state index in [1.165, 1.54) is 6.21 Å². The number of carbonyl (C=O) groups is 2. The number of amides is 2. The van der Waals surface area contributed by atoms with Crippen molar-refractivity contribution in [1.29, 1.82) is 5.26 Å². The monoisotopic (exact) mass is 330 g/mol. The van der Waals surface area contributed by atoms with Crippen LogP contribution in [0, 0.1) is 17.2 Å². The molecule has 0 bridgehead atoms. The topological polar surface area (TPSA) is 85.6 Å². The van der Waals surface area contributed by atoms with Gasteiger partial charge in [0.1, 0.15) is 12.1 Å². The summed E-state index contributed by atoms with van der Waals surface area (Å²) in [5, 5.41) is 15.5. The minimum absolute atomic E-state index is 0.229. The van der Waals surface area contributed by atoms with Crippen LogP contribution in [0.4, 0.5) is 13.2 Å². The minimum atomic E-state index is -5.06. The molecule has 0 spiro atoms. The molecule has 2 rings (SSSR count). The third kappa shape index (κ3) is 4.00. The van der Waals surface area contributed by atoms with E-state index in [-0.39, 0.29) is 12.3 Å². The number of rotatable bonds is 3. The highest BCUT2D eigenvalue weighted by Gasteiger charge is 2.44. The van der Waals surface area contributed by atoms with Crippen LogP contribution in [0.25, 0.3) is 0 Å². The fraction of sp³-hybridized carbons (Fsp3) is 0.714. The quantitative estimate of drug-likeness (QED) is 0.855. The lowest BCUT2D eigenvalue weighted by atomic mass is 9.83. The highest BCUT2D eigenvalue weighted by molar-refractivity contribution is 5.91. The van der Waals surface area contributed by atoms with E-state index >= 15 is 0 Å². The summed E-state index contributed by atoms with van der Waals surface area (Å²) in [5.74, 6) is -3.27. The maximum Gasteiger partial charge on any atom is 0.471 e. The van der Waals surface area contributed by atoms with Crippen molar-refractivity contribution in [2.75, 3.05) is 0 Å². The van der Waals surface area contributed by atoms with Crippen LogP contribution < -0.4 is 5.32 Å². The predicted octanol–water partition coefficient (Wildman–Crippen LogP) is 1.72. The lowest BCUT2D eigenvalue weighted by Crippen LogP contribution is -2.55. The number of hydrogen-bond acceptors (Lipinski definition) is 4. The Balaban J connectivity index is 2.18. The first-order valence-electron chi connectivity index (χ1n) is 7.47. The van der Waals surface area contributed by atoms with Gasteiger partial charge in [-0.25, -0.2) is 5.01 Å². The number of carbonyl (C=O) groups excluding carboxylic acids is 2. The van der Waals surface area contributed by atoms with E-state index in [2.05, 4.69) is 5.10 Å². The predicted molar refractivity (Wildman–Crippen MR) is 73.9 cm³/mol. The van der Waals surface area contributed by atoms with E-state index < -0.39 is 30.1 Å². The number of hydrazone groups is 1. The molecule has 0 unspecified atom stereocenters. The van der Waals surface area contributed by atoms with Crippen molar-refractivity contribution in [1.82, 2.24) is 10.3 Å². The van der Waals surface area contributed by atoms with E-state index in [0.29, 0.717) is 12.8 Å². The number of alkyl halides is 3. The number of nitriles is 1. The summed E-state index contributed by atoms with van der Waals surface area (Å²) in [6.45, 7) is 0. The van der Waals surface area contributed by atoms with Crippen molar-refractivity contribution in [2.45, 2.75) is 56.8 Å². The molecule has 0 radical (unpaired) electrons. The average Bonchev–Trinajstić information content (AvgIpc) is 3.00. The summed E-state index contributed by atoms with van der Waals surface area (Å²) >= 11 is 0. The maximum atomic E-state index is 12.6. The van der Waals surface area contributed by atoms with Crippen molar-refractivity contribution >= 4 is 18.0 Å². The summed E-state index contributed by atoms with van der Waals surface area (Å²) in [4.78, 5) is 23.8. The first-order valence-corrected chi connectivity index (χ1v) is 7.47. The van der Waals surface area contributed by atoms with Gasteiger partial charge in [0.2, 0.25) is 0 Å². The van der Waals surface area contributed by atoms with Gasteiger partial charge >= 0.3 is 12.1 Å². The summed E-state index contributed by atoms with van der Waals surface area (Å²) in [6, 6.07) is -0.265. The lowest BCUT2D eigenvalue weighted by molar-refractivity contribution is -0.175. The zero-order valence-electron chi connectivity index (χ0n) is 12.3. The second-order valence-electron chi connectivity index (χ2n) is 5.71. The lowest BCUT2D eigenvalue weighted by Gasteiger charge is -2.32. The van der Waals surface area contributed by atoms with Crippen molar-refractivity contribution in [2.24, 2.45) is 11.0 Å². The fourth-order valence-corrected chi connectivity index (χ4v) is 2.95. The van der Waals surface area contributed by atoms with Gasteiger partial charge in [-0.1, -0.05) is 19.3 Å². The molecule has 9 heteroatoms.